The number of piperazine rings is 1. The molecular formula is C24H35N6O2Se. The molecule has 4 rings (SSSR count). The molecule has 1 atom stereocenters. The van der Waals surface area contributed by atoms with Crippen molar-refractivity contribution in [2.75, 3.05) is 37.6 Å². The molecule has 2 fully saturated rings. The van der Waals surface area contributed by atoms with E-state index < -0.39 is 0 Å². The fourth-order valence-electron chi connectivity index (χ4n) is 4.43. The van der Waals surface area contributed by atoms with Crippen LogP contribution in [0.4, 0.5) is 5.82 Å². The van der Waals surface area contributed by atoms with Crippen LogP contribution in [-0.2, 0) is 11.2 Å². The van der Waals surface area contributed by atoms with E-state index >= 15 is 0 Å². The number of nitrogens with zero attached hydrogens (tertiary/aromatic N) is 3. The maximum atomic E-state index is 12.6. The van der Waals surface area contributed by atoms with Gasteiger partial charge < -0.3 is 11.1 Å². The number of carbonyl (C=O) groups excluding carboxylic acids is 1. The number of hydrogen-bond acceptors (Lipinski definition) is 6. The van der Waals surface area contributed by atoms with Crippen LogP contribution in [0.1, 0.15) is 37.7 Å². The van der Waals surface area contributed by atoms with Crippen molar-refractivity contribution < 1.29 is 4.79 Å². The molecule has 1 unspecified atom stereocenters. The zero-order valence-corrected chi connectivity index (χ0v) is 20.8. The van der Waals surface area contributed by atoms with E-state index in [-0.39, 0.29) is 12.1 Å². The van der Waals surface area contributed by atoms with Gasteiger partial charge in [0, 0.05) is 13.1 Å². The number of carbonyl (C=O) groups is 1. The number of nitrogens with one attached hydrogen (secondary N) is 2. The summed E-state index contributed by atoms with van der Waals surface area (Å²) in [5.41, 5.74) is 6.06. The number of aromatic nitrogens is 2. The zero-order valence-electron chi connectivity index (χ0n) is 19.1. The van der Waals surface area contributed by atoms with Crippen molar-refractivity contribution in [2.24, 2.45) is 11.7 Å². The Balaban J connectivity index is 0.000000968. The molecule has 1 aromatic carbocycles. The molecule has 1 saturated heterocycles. The third-order valence-electron chi connectivity index (χ3n) is 6.22. The predicted molar refractivity (Wildman–Crippen MR) is 133 cm³/mol. The molecule has 1 aliphatic carbocycles. The second-order valence-corrected chi connectivity index (χ2v) is 9.78. The van der Waals surface area contributed by atoms with Gasteiger partial charge in [-0.15, -0.1) is 0 Å². The van der Waals surface area contributed by atoms with E-state index in [9.17, 15) is 4.79 Å². The van der Waals surface area contributed by atoms with Gasteiger partial charge in [0.05, 0.1) is 0 Å². The second-order valence-electron chi connectivity index (χ2n) is 8.58. The van der Waals surface area contributed by atoms with Crippen molar-refractivity contribution in [3.05, 3.63) is 52.6 Å². The Kier molecular flexibility index (Phi) is 10.4. The molecule has 4 N–H and O–H groups in total. The minimum absolute atomic E-state index is 0.227. The maximum absolute atomic E-state index is 12.6. The van der Waals surface area contributed by atoms with Gasteiger partial charge in [0.25, 0.3) is 0 Å². The molecule has 2 heterocycles. The predicted octanol–water partition coefficient (Wildman–Crippen LogP) is 0.951. The van der Waals surface area contributed by atoms with E-state index in [1.807, 2.05) is 24.4 Å². The normalized spacial score (nSPS) is 17.7. The number of rotatable bonds is 7. The van der Waals surface area contributed by atoms with E-state index in [2.05, 4.69) is 54.4 Å². The zero-order chi connectivity index (χ0) is 23.5. The monoisotopic (exact) mass is 519 g/mol. The molecule has 1 saturated carbocycles. The van der Waals surface area contributed by atoms with Crippen LogP contribution >= 0.6 is 0 Å². The van der Waals surface area contributed by atoms with Crippen LogP contribution in [0, 0.1) is 5.92 Å². The Morgan fingerprint density at radius 2 is 1.82 bits per heavy atom. The van der Waals surface area contributed by atoms with Gasteiger partial charge in [-0.05, 0) is 0 Å². The van der Waals surface area contributed by atoms with Gasteiger partial charge in [-0.2, -0.15) is 0 Å². The molecule has 0 spiro atoms. The van der Waals surface area contributed by atoms with Crippen molar-refractivity contribution in [1.29, 1.82) is 0 Å². The number of anilines is 1. The van der Waals surface area contributed by atoms with Crippen LogP contribution in [0.3, 0.4) is 0 Å². The summed E-state index contributed by atoms with van der Waals surface area (Å²) in [7, 11) is 0. The van der Waals surface area contributed by atoms with Gasteiger partial charge in [-0.25, -0.2) is 0 Å². The first-order valence-electron chi connectivity index (χ1n) is 11.8. The molecule has 179 valence electrons. The number of benzene rings is 1. The Hall–Kier alpha value is -2.19. The van der Waals surface area contributed by atoms with Crippen molar-refractivity contribution in [3.63, 3.8) is 0 Å². The average molecular weight is 519 g/mol. The molecule has 1 aliphatic heterocycles. The number of nitrogens with two attached hydrogens (primary N) is 1. The summed E-state index contributed by atoms with van der Waals surface area (Å²) in [6.07, 6.45) is 9.94. The van der Waals surface area contributed by atoms with E-state index in [0.29, 0.717) is 4.94 Å². The summed E-state index contributed by atoms with van der Waals surface area (Å²) in [5, 5.41) is 6.98. The Morgan fingerprint density at radius 3 is 2.45 bits per heavy atom. The number of primary amides is 1. The molecule has 2 aromatic rings. The fourth-order valence-corrected chi connectivity index (χ4v) is 5.03. The number of hydrogen-bond donors (Lipinski definition) is 3. The van der Waals surface area contributed by atoms with Crippen molar-refractivity contribution in [1.82, 2.24) is 20.2 Å². The van der Waals surface area contributed by atoms with Crippen molar-refractivity contribution >= 4 is 28.2 Å². The quantitative estimate of drug-likeness (QED) is 0.373. The molecule has 1 radical (unpaired) electrons. The fraction of sp³-hybridized carbons (Fsp3) is 0.542. The molecule has 9 heteroatoms. The van der Waals surface area contributed by atoms with Gasteiger partial charge in [0.1, 0.15) is 0 Å². The van der Waals surface area contributed by atoms with E-state index in [0.717, 1.165) is 56.6 Å². The molecular weight excluding hydrogens is 483 g/mol. The summed E-state index contributed by atoms with van der Waals surface area (Å²) in [4.78, 5) is 28.0. The average Bonchev–Trinajstić information content (AvgIpc) is 2.85. The van der Waals surface area contributed by atoms with Crippen LogP contribution in [0.15, 0.2) is 41.3 Å². The second kappa shape index (κ2) is 13.5. The van der Waals surface area contributed by atoms with Gasteiger partial charge in [0.15, 0.2) is 0 Å². The summed E-state index contributed by atoms with van der Waals surface area (Å²) in [5.74, 6) is 1.60. The van der Waals surface area contributed by atoms with Gasteiger partial charge in [0.2, 0.25) is 6.41 Å². The SMILES string of the molecule is NC=O.O=c1nc(N2CCNCC2)ccn1-c1ccc(CC([Se])NCC2CCCCC2)cc1. The van der Waals surface area contributed by atoms with Gasteiger partial charge >= 0.3 is 169 Å². The molecule has 8 nitrogen and oxygen atoms in total. The summed E-state index contributed by atoms with van der Waals surface area (Å²) >= 11 is 3.27. The molecule has 1 aromatic heterocycles. The van der Waals surface area contributed by atoms with Crippen molar-refractivity contribution in [2.45, 2.75) is 43.5 Å². The summed E-state index contributed by atoms with van der Waals surface area (Å²) < 4.78 is 1.62. The first-order valence-corrected chi connectivity index (χ1v) is 12.8. The third-order valence-corrected chi connectivity index (χ3v) is 6.92. The van der Waals surface area contributed by atoms with E-state index in [1.165, 1.54) is 37.7 Å². The van der Waals surface area contributed by atoms with Crippen LogP contribution in [0.2, 0.25) is 0 Å². The van der Waals surface area contributed by atoms with Crippen molar-refractivity contribution in [3.8, 4) is 5.69 Å². The Morgan fingerprint density at radius 1 is 1.15 bits per heavy atom. The van der Waals surface area contributed by atoms with Gasteiger partial charge in [-0.1, -0.05) is 0 Å². The first-order chi connectivity index (χ1) is 16.1. The van der Waals surface area contributed by atoms with Crippen LogP contribution in [0.5, 0.6) is 0 Å². The number of amides is 1. The molecule has 0 bridgehead atoms. The van der Waals surface area contributed by atoms with Crippen LogP contribution < -0.4 is 27.0 Å². The molecule has 33 heavy (non-hydrogen) atoms. The Labute approximate surface area is 204 Å². The third kappa shape index (κ3) is 7.96. The van der Waals surface area contributed by atoms with E-state index in [1.54, 1.807) is 4.57 Å². The topological polar surface area (TPSA) is 105 Å². The van der Waals surface area contributed by atoms with Gasteiger partial charge in [-0.3, -0.25) is 4.79 Å². The van der Waals surface area contributed by atoms with E-state index in [4.69, 9.17) is 4.79 Å². The Bertz CT molecular complexity index is 908. The molecule has 1 amide bonds. The first kappa shape index (κ1) is 25.4. The standard InChI is InChI=1S/C23H32N5OSe.CH3NO/c29-23-26-21(27-14-11-24-12-15-27)10-13-28(23)20-8-6-18(7-9-20)16-22(30)25-17-19-4-2-1-3-5-19;2-1-3/h6-10,13,19,22,24-25H,1-5,11-12,14-17H2;1H,(H2,2,3). The minimum atomic E-state index is -0.227. The summed E-state index contributed by atoms with van der Waals surface area (Å²) in [6, 6.07) is 10.2. The van der Waals surface area contributed by atoms with Crippen LogP contribution in [-0.4, -0.2) is 69.6 Å². The molecule has 2 aliphatic rings. The van der Waals surface area contributed by atoms with Crippen LogP contribution in [0.25, 0.3) is 5.69 Å². The summed E-state index contributed by atoms with van der Waals surface area (Å²) in [6.45, 7) is 4.73.